The Kier molecular flexibility index (Phi) is 3.25. The average Bonchev–Trinajstić information content (AvgIpc) is 2.62. The number of fused-ring (bicyclic) bond motifs is 1. The van der Waals surface area contributed by atoms with Crippen LogP contribution in [0, 0.1) is 0 Å². The molecular weight excluding hydrogens is 250 g/mol. The standard InChI is InChI=1S/C13H13NO5/c1-7(15)6-14-9-4-8(18-2)5-10(19-3)11(9)12(16)13(14)17/h4-5H,6H2,1-3H3. The molecule has 19 heavy (non-hydrogen) atoms. The van der Waals surface area contributed by atoms with Crippen molar-refractivity contribution in [2.24, 2.45) is 0 Å². The highest BCUT2D eigenvalue weighted by Gasteiger charge is 2.39. The van der Waals surface area contributed by atoms with Gasteiger partial charge in [0, 0.05) is 12.1 Å². The lowest BCUT2D eigenvalue weighted by atomic mass is 10.1. The van der Waals surface area contributed by atoms with Crippen molar-refractivity contribution >= 4 is 23.2 Å². The Labute approximate surface area is 109 Å². The zero-order chi connectivity index (χ0) is 14.2. The van der Waals surface area contributed by atoms with Gasteiger partial charge in [-0.3, -0.25) is 19.3 Å². The molecule has 0 spiro atoms. The number of ketones is 2. The summed E-state index contributed by atoms with van der Waals surface area (Å²) in [7, 11) is 2.87. The number of nitrogens with zero attached hydrogens (tertiary/aromatic N) is 1. The van der Waals surface area contributed by atoms with Gasteiger partial charge >= 0.3 is 0 Å². The number of methoxy groups -OCH3 is 2. The number of hydrogen-bond donors (Lipinski definition) is 0. The van der Waals surface area contributed by atoms with E-state index >= 15 is 0 Å². The highest BCUT2D eigenvalue weighted by molar-refractivity contribution is 6.53. The van der Waals surface area contributed by atoms with Gasteiger partial charge in [-0.2, -0.15) is 0 Å². The second kappa shape index (κ2) is 4.72. The first-order valence-electron chi connectivity index (χ1n) is 5.61. The minimum atomic E-state index is -0.725. The van der Waals surface area contributed by atoms with Crippen LogP contribution in [-0.4, -0.2) is 38.2 Å². The average molecular weight is 263 g/mol. The number of ether oxygens (including phenoxy) is 2. The lowest BCUT2D eigenvalue weighted by molar-refractivity contribution is -0.119. The Balaban J connectivity index is 2.61. The summed E-state index contributed by atoms with van der Waals surface area (Å²) in [6.45, 7) is 1.21. The molecule has 100 valence electrons. The molecule has 1 aromatic carbocycles. The fourth-order valence-electron chi connectivity index (χ4n) is 2.01. The molecule has 2 rings (SSSR count). The zero-order valence-corrected chi connectivity index (χ0v) is 10.9. The minimum absolute atomic E-state index is 0.145. The molecule has 0 fully saturated rings. The van der Waals surface area contributed by atoms with Crippen LogP contribution >= 0.6 is 0 Å². The predicted molar refractivity (Wildman–Crippen MR) is 66.9 cm³/mol. The van der Waals surface area contributed by atoms with Crippen LogP contribution in [0.1, 0.15) is 17.3 Å². The van der Waals surface area contributed by atoms with Crippen LogP contribution < -0.4 is 14.4 Å². The third-order valence-electron chi connectivity index (χ3n) is 2.85. The number of carbonyl (C=O) groups excluding carboxylic acids is 3. The topological polar surface area (TPSA) is 72.9 Å². The maximum atomic E-state index is 11.9. The molecule has 6 heteroatoms. The Morgan fingerprint density at radius 2 is 1.89 bits per heavy atom. The third-order valence-corrected chi connectivity index (χ3v) is 2.85. The first kappa shape index (κ1) is 13.1. The van der Waals surface area contributed by atoms with Crippen molar-refractivity contribution in [2.75, 3.05) is 25.7 Å². The molecule has 0 aromatic heterocycles. The SMILES string of the molecule is COc1cc(OC)c2c(c1)N(CC(C)=O)C(=O)C2=O. The van der Waals surface area contributed by atoms with Gasteiger partial charge in [-0.15, -0.1) is 0 Å². The van der Waals surface area contributed by atoms with E-state index in [9.17, 15) is 14.4 Å². The van der Waals surface area contributed by atoms with Gasteiger partial charge < -0.3 is 9.47 Å². The quantitative estimate of drug-likeness (QED) is 0.752. The molecule has 0 unspecified atom stereocenters. The first-order chi connectivity index (χ1) is 8.99. The molecule has 0 aliphatic carbocycles. The van der Waals surface area contributed by atoms with Gasteiger partial charge in [0.15, 0.2) is 0 Å². The van der Waals surface area contributed by atoms with Crippen LogP contribution in [0.2, 0.25) is 0 Å². The van der Waals surface area contributed by atoms with Crippen LogP contribution in [0.15, 0.2) is 12.1 Å². The monoisotopic (exact) mass is 263 g/mol. The molecular formula is C13H13NO5. The molecule has 1 aromatic rings. The van der Waals surface area contributed by atoms with Crippen molar-refractivity contribution in [3.8, 4) is 11.5 Å². The Hall–Kier alpha value is -2.37. The molecule has 1 aliphatic heterocycles. The summed E-state index contributed by atoms with van der Waals surface area (Å²) in [5, 5.41) is 0. The summed E-state index contributed by atoms with van der Waals surface area (Å²) >= 11 is 0. The van der Waals surface area contributed by atoms with Crippen LogP contribution in [0.25, 0.3) is 0 Å². The Morgan fingerprint density at radius 3 is 2.42 bits per heavy atom. The fourth-order valence-corrected chi connectivity index (χ4v) is 2.01. The van der Waals surface area contributed by atoms with Gasteiger partial charge in [0.2, 0.25) is 0 Å². The number of anilines is 1. The van der Waals surface area contributed by atoms with Gasteiger partial charge in [0.25, 0.3) is 11.7 Å². The van der Waals surface area contributed by atoms with Gasteiger partial charge in [0.1, 0.15) is 17.3 Å². The van der Waals surface area contributed by atoms with E-state index in [4.69, 9.17) is 9.47 Å². The van der Waals surface area contributed by atoms with Crippen molar-refractivity contribution < 1.29 is 23.9 Å². The van der Waals surface area contributed by atoms with E-state index in [0.29, 0.717) is 11.4 Å². The van der Waals surface area contributed by atoms with E-state index in [-0.39, 0.29) is 23.6 Å². The normalized spacial score (nSPS) is 13.5. The van der Waals surface area contributed by atoms with E-state index in [1.165, 1.54) is 27.2 Å². The molecule has 0 N–H and O–H groups in total. The number of Topliss-reactive ketones (excluding diaryl/α,β-unsaturated/α-hetero) is 2. The molecule has 0 saturated carbocycles. The second-order valence-electron chi connectivity index (χ2n) is 4.15. The summed E-state index contributed by atoms with van der Waals surface area (Å²) in [5.41, 5.74) is 0.524. The van der Waals surface area contributed by atoms with Crippen molar-refractivity contribution in [1.82, 2.24) is 0 Å². The Bertz CT molecular complexity index is 579. The summed E-state index contributed by atoms with van der Waals surface area (Å²) in [5.74, 6) is -0.895. The fraction of sp³-hybridized carbons (Fsp3) is 0.308. The number of amides is 1. The molecule has 0 saturated heterocycles. The zero-order valence-electron chi connectivity index (χ0n) is 10.9. The minimum Gasteiger partial charge on any atom is -0.497 e. The maximum absolute atomic E-state index is 11.9. The molecule has 0 bridgehead atoms. The maximum Gasteiger partial charge on any atom is 0.300 e. The highest BCUT2D eigenvalue weighted by Crippen LogP contribution is 2.39. The summed E-state index contributed by atoms with van der Waals surface area (Å²) in [4.78, 5) is 36.2. The van der Waals surface area contributed by atoms with Gasteiger partial charge in [-0.1, -0.05) is 0 Å². The highest BCUT2D eigenvalue weighted by atomic mass is 16.5. The van der Waals surface area contributed by atoms with E-state index in [1.807, 2.05) is 0 Å². The van der Waals surface area contributed by atoms with Gasteiger partial charge in [-0.05, 0) is 6.92 Å². The van der Waals surface area contributed by atoms with Crippen molar-refractivity contribution in [1.29, 1.82) is 0 Å². The van der Waals surface area contributed by atoms with Crippen molar-refractivity contribution in [3.05, 3.63) is 17.7 Å². The summed E-state index contributed by atoms with van der Waals surface area (Å²) in [6, 6.07) is 3.07. The number of rotatable bonds is 4. The molecule has 6 nitrogen and oxygen atoms in total. The lowest BCUT2D eigenvalue weighted by Crippen LogP contribution is -2.33. The van der Waals surface area contributed by atoms with E-state index < -0.39 is 11.7 Å². The lowest BCUT2D eigenvalue weighted by Gasteiger charge is -2.16. The first-order valence-corrected chi connectivity index (χ1v) is 5.61. The smallest absolute Gasteiger partial charge is 0.300 e. The third kappa shape index (κ3) is 2.05. The van der Waals surface area contributed by atoms with Crippen LogP contribution in [0.4, 0.5) is 5.69 Å². The number of benzene rings is 1. The molecule has 0 atom stereocenters. The van der Waals surface area contributed by atoms with E-state index in [0.717, 1.165) is 4.90 Å². The predicted octanol–water partition coefficient (Wildman–Crippen LogP) is 0.822. The van der Waals surface area contributed by atoms with Crippen LogP contribution in [0.5, 0.6) is 11.5 Å². The van der Waals surface area contributed by atoms with E-state index in [2.05, 4.69) is 0 Å². The largest absolute Gasteiger partial charge is 0.497 e. The number of carbonyl (C=O) groups is 3. The molecule has 1 heterocycles. The second-order valence-corrected chi connectivity index (χ2v) is 4.15. The van der Waals surface area contributed by atoms with Crippen LogP contribution in [-0.2, 0) is 9.59 Å². The molecule has 1 aliphatic rings. The van der Waals surface area contributed by atoms with Crippen molar-refractivity contribution in [2.45, 2.75) is 6.92 Å². The van der Waals surface area contributed by atoms with Crippen molar-refractivity contribution in [3.63, 3.8) is 0 Å². The Morgan fingerprint density at radius 1 is 1.21 bits per heavy atom. The number of hydrogen-bond acceptors (Lipinski definition) is 5. The summed E-state index contributed by atoms with van der Waals surface area (Å²) in [6.07, 6.45) is 0. The molecule has 0 radical (unpaired) electrons. The summed E-state index contributed by atoms with van der Waals surface area (Å²) < 4.78 is 10.2. The van der Waals surface area contributed by atoms with Crippen LogP contribution in [0.3, 0.4) is 0 Å². The van der Waals surface area contributed by atoms with Gasteiger partial charge in [0.05, 0.1) is 32.0 Å². The van der Waals surface area contributed by atoms with E-state index in [1.54, 1.807) is 6.07 Å². The van der Waals surface area contributed by atoms with Gasteiger partial charge in [-0.25, -0.2) is 0 Å². The molecule has 1 amide bonds.